The van der Waals surface area contributed by atoms with E-state index in [4.69, 9.17) is 4.55 Å². The molecule has 3 heterocycles. The summed E-state index contributed by atoms with van der Waals surface area (Å²) in [5.74, 6) is -0.604. The first-order valence-corrected chi connectivity index (χ1v) is 9.63. The average Bonchev–Trinajstić information content (AvgIpc) is 2.79. The summed E-state index contributed by atoms with van der Waals surface area (Å²) in [4.78, 5) is 26.0. The van der Waals surface area contributed by atoms with E-state index in [1.165, 1.54) is 4.90 Å². The predicted molar refractivity (Wildman–Crippen MR) is 82.5 cm³/mol. The molecule has 12 heteroatoms. The molecule has 0 aromatic carbocycles. The van der Waals surface area contributed by atoms with Crippen LogP contribution < -0.4 is 5.32 Å². The molecule has 11 nitrogen and oxygen atoms in total. The van der Waals surface area contributed by atoms with Gasteiger partial charge in [-0.15, -0.1) is 4.28 Å². The van der Waals surface area contributed by atoms with E-state index in [1.807, 2.05) is 0 Å². The van der Waals surface area contributed by atoms with Crippen LogP contribution in [0.4, 0.5) is 4.79 Å². The zero-order chi connectivity index (χ0) is 18.2. The first-order chi connectivity index (χ1) is 11.8. The Kier molecular flexibility index (Phi) is 5.16. The van der Waals surface area contributed by atoms with Crippen molar-refractivity contribution >= 4 is 22.3 Å². The summed E-state index contributed by atoms with van der Waals surface area (Å²) in [5.41, 5.74) is 0. The van der Waals surface area contributed by atoms with Crippen molar-refractivity contribution in [3.8, 4) is 0 Å². The van der Waals surface area contributed by atoms with E-state index in [0.29, 0.717) is 16.5 Å². The molecule has 2 bridgehead atoms. The Morgan fingerprint density at radius 1 is 1.32 bits per heavy atom. The highest BCUT2D eigenvalue weighted by Crippen LogP contribution is 2.31. The third-order valence-electron chi connectivity index (χ3n) is 4.84. The first-order valence-electron chi connectivity index (χ1n) is 8.27. The van der Waals surface area contributed by atoms with Crippen molar-refractivity contribution in [3.05, 3.63) is 0 Å². The number of hydrogen-bond donors (Lipinski definition) is 3. The maximum atomic E-state index is 12.5. The number of piperidine rings is 2. The van der Waals surface area contributed by atoms with Crippen LogP contribution in [-0.2, 0) is 19.5 Å². The molecule has 0 aromatic rings. The minimum Gasteiger partial charge on any atom is -0.312 e. The van der Waals surface area contributed by atoms with Gasteiger partial charge >= 0.3 is 16.4 Å². The number of amides is 3. The van der Waals surface area contributed by atoms with E-state index in [0.717, 1.165) is 25.8 Å². The number of hydrogen-bond acceptors (Lipinski definition) is 7. The van der Waals surface area contributed by atoms with E-state index in [-0.39, 0.29) is 25.6 Å². The van der Waals surface area contributed by atoms with E-state index in [2.05, 4.69) is 9.60 Å². The molecule has 3 aliphatic heterocycles. The van der Waals surface area contributed by atoms with Gasteiger partial charge in [-0.3, -0.25) is 14.6 Å². The molecular weight excluding hydrogens is 356 g/mol. The Morgan fingerprint density at radius 3 is 2.72 bits per heavy atom. The van der Waals surface area contributed by atoms with Crippen molar-refractivity contribution in [3.63, 3.8) is 0 Å². The van der Waals surface area contributed by atoms with Crippen LogP contribution in [0.2, 0.25) is 0 Å². The summed E-state index contributed by atoms with van der Waals surface area (Å²) in [6.07, 6.45) is 3.54. The van der Waals surface area contributed by atoms with Crippen molar-refractivity contribution < 1.29 is 32.1 Å². The minimum absolute atomic E-state index is 0.00711. The second kappa shape index (κ2) is 7.03. The number of nitrogens with zero attached hydrogens (tertiary/aromatic N) is 3. The topological polar surface area (TPSA) is 140 Å². The van der Waals surface area contributed by atoms with Gasteiger partial charge in [0.15, 0.2) is 0 Å². The SMILES string of the molecule is O=C([C@@H]1CC[C@@H]2CN1C(=O)N2OS(=O)(=O)O)N(O)C[C@H]1CCCCN1. The zero-order valence-electron chi connectivity index (χ0n) is 13.6. The van der Waals surface area contributed by atoms with Crippen LogP contribution in [0.25, 0.3) is 0 Å². The molecule has 3 N–H and O–H groups in total. The van der Waals surface area contributed by atoms with Gasteiger partial charge < -0.3 is 10.2 Å². The number of hydroxylamine groups is 4. The lowest BCUT2D eigenvalue weighted by Crippen LogP contribution is -2.53. The molecule has 3 atom stereocenters. The van der Waals surface area contributed by atoms with Crippen molar-refractivity contribution in [2.24, 2.45) is 0 Å². The van der Waals surface area contributed by atoms with E-state index < -0.39 is 34.4 Å². The fraction of sp³-hybridized carbons (Fsp3) is 0.846. The smallest absolute Gasteiger partial charge is 0.312 e. The molecule has 0 saturated carbocycles. The van der Waals surface area contributed by atoms with Crippen LogP contribution in [0, 0.1) is 0 Å². The molecule has 0 spiro atoms. The quantitative estimate of drug-likeness (QED) is 0.326. The number of nitrogens with one attached hydrogen (secondary N) is 1. The van der Waals surface area contributed by atoms with Crippen molar-refractivity contribution in [2.75, 3.05) is 19.6 Å². The van der Waals surface area contributed by atoms with E-state index >= 15 is 0 Å². The van der Waals surface area contributed by atoms with E-state index in [1.54, 1.807) is 0 Å². The van der Waals surface area contributed by atoms with Crippen molar-refractivity contribution in [1.29, 1.82) is 0 Å². The fourth-order valence-electron chi connectivity index (χ4n) is 3.64. The normalized spacial score (nSPS) is 29.8. The number of carbonyl (C=O) groups is 2. The first kappa shape index (κ1) is 18.3. The standard InChI is InChI=1S/C13H22N4O7S/c18-12(16(20)7-9-3-1-2-6-14-9)11-5-4-10-8-15(11)13(19)17(10)24-25(21,22)23/h9-11,14,20H,1-8H2,(H,21,22,23)/t9-,10-,11+/m1/s1. The van der Waals surface area contributed by atoms with Gasteiger partial charge in [-0.25, -0.2) is 9.86 Å². The molecule has 0 aromatic heterocycles. The van der Waals surface area contributed by atoms with E-state index in [9.17, 15) is 23.2 Å². The summed E-state index contributed by atoms with van der Waals surface area (Å²) in [5, 5.41) is 14.5. The van der Waals surface area contributed by atoms with Crippen LogP contribution in [-0.4, -0.2) is 82.9 Å². The lowest BCUT2D eigenvalue weighted by Gasteiger charge is -2.33. The van der Waals surface area contributed by atoms with Crippen LogP contribution >= 0.6 is 0 Å². The number of carbonyl (C=O) groups excluding carboxylic acids is 2. The Balaban J connectivity index is 1.63. The molecule has 142 valence electrons. The molecule has 25 heavy (non-hydrogen) atoms. The molecule has 3 fully saturated rings. The Morgan fingerprint density at radius 2 is 2.08 bits per heavy atom. The zero-order valence-corrected chi connectivity index (χ0v) is 14.4. The summed E-state index contributed by atoms with van der Waals surface area (Å²) < 4.78 is 34.8. The second-order valence-corrected chi connectivity index (χ2v) is 7.58. The molecule has 3 amide bonds. The molecule has 3 aliphatic rings. The molecule has 0 unspecified atom stereocenters. The van der Waals surface area contributed by atoms with Crippen LogP contribution in [0.5, 0.6) is 0 Å². The third-order valence-corrected chi connectivity index (χ3v) is 5.19. The summed E-state index contributed by atoms with van der Waals surface area (Å²) in [6, 6.07) is -2.26. The predicted octanol–water partition coefficient (Wildman–Crippen LogP) is -0.651. The van der Waals surface area contributed by atoms with Crippen LogP contribution in [0.15, 0.2) is 0 Å². The van der Waals surface area contributed by atoms with Gasteiger partial charge in [-0.05, 0) is 32.2 Å². The summed E-state index contributed by atoms with van der Waals surface area (Å²) >= 11 is 0. The van der Waals surface area contributed by atoms with Gasteiger partial charge in [0.05, 0.1) is 12.6 Å². The molecular formula is C13H22N4O7S. The van der Waals surface area contributed by atoms with Gasteiger partial charge in [-0.2, -0.15) is 13.5 Å². The molecule has 0 radical (unpaired) electrons. The monoisotopic (exact) mass is 378 g/mol. The summed E-state index contributed by atoms with van der Waals surface area (Å²) in [7, 11) is -4.83. The highest BCUT2D eigenvalue weighted by Gasteiger charge is 2.50. The minimum atomic E-state index is -4.83. The fourth-order valence-corrected chi connectivity index (χ4v) is 4.03. The maximum absolute atomic E-state index is 12.5. The molecule has 3 rings (SSSR count). The average molecular weight is 378 g/mol. The Labute approximate surface area is 145 Å². The van der Waals surface area contributed by atoms with Gasteiger partial charge in [0.1, 0.15) is 6.04 Å². The number of urea groups is 1. The third kappa shape index (κ3) is 4.03. The van der Waals surface area contributed by atoms with Gasteiger partial charge in [0, 0.05) is 12.6 Å². The number of fused-ring (bicyclic) bond motifs is 2. The highest BCUT2D eigenvalue weighted by molar-refractivity contribution is 7.80. The van der Waals surface area contributed by atoms with Gasteiger partial charge in [0.2, 0.25) is 0 Å². The van der Waals surface area contributed by atoms with Gasteiger partial charge in [0.25, 0.3) is 5.91 Å². The Bertz CT molecular complexity index is 636. The number of rotatable bonds is 5. The second-order valence-electron chi connectivity index (χ2n) is 6.58. The maximum Gasteiger partial charge on any atom is 0.418 e. The van der Waals surface area contributed by atoms with Crippen molar-refractivity contribution in [2.45, 2.75) is 50.2 Å². The largest absolute Gasteiger partial charge is 0.418 e. The van der Waals surface area contributed by atoms with Crippen LogP contribution in [0.1, 0.15) is 32.1 Å². The lowest BCUT2D eigenvalue weighted by molar-refractivity contribution is -0.172. The van der Waals surface area contributed by atoms with Gasteiger partial charge in [-0.1, -0.05) is 6.42 Å². The van der Waals surface area contributed by atoms with Crippen molar-refractivity contribution in [1.82, 2.24) is 20.3 Å². The molecule has 0 aliphatic carbocycles. The highest BCUT2D eigenvalue weighted by atomic mass is 32.3. The molecule has 3 saturated heterocycles. The van der Waals surface area contributed by atoms with Crippen LogP contribution in [0.3, 0.4) is 0 Å². The summed E-state index contributed by atoms with van der Waals surface area (Å²) in [6.45, 7) is 1.07. The lowest BCUT2D eigenvalue weighted by atomic mass is 9.99. The Hall–Kier alpha value is -1.47.